The molecule has 2 aromatic rings. The van der Waals surface area contributed by atoms with Crippen molar-refractivity contribution >= 4 is 29.9 Å². The van der Waals surface area contributed by atoms with Crippen molar-refractivity contribution < 1.29 is 9.47 Å². The second-order valence-corrected chi connectivity index (χ2v) is 6.82. The number of guanidine groups is 1. The van der Waals surface area contributed by atoms with E-state index in [2.05, 4.69) is 52.9 Å². The molecule has 1 heterocycles. The Balaban J connectivity index is 0.00000280. The third-order valence-corrected chi connectivity index (χ3v) is 4.64. The van der Waals surface area contributed by atoms with Gasteiger partial charge in [0, 0.05) is 32.3 Å². The quantitative estimate of drug-likeness (QED) is 0.346. The van der Waals surface area contributed by atoms with Gasteiger partial charge in [-0.2, -0.15) is 0 Å². The molecule has 1 unspecified atom stereocenters. The van der Waals surface area contributed by atoms with Crippen LogP contribution in [0.3, 0.4) is 0 Å². The molecule has 152 valence electrons. The van der Waals surface area contributed by atoms with Crippen molar-refractivity contribution in [3.8, 4) is 5.75 Å². The third-order valence-electron chi connectivity index (χ3n) is 4.64. The van der Waals surface area contributed by atoms with Crippen LogP contribution in [0.1, 0.15) is 29.5 Å². The minimum absolute atomic E-state index is 0. The van der Waals surface area contributed by atoms with Crippen LogP contribution in [0.25, 0.3) is 0 Å². The Labute approximate surface area is 184 Å². The number of nitrogens with one attached hydrogen (secondary N) is 2. The predicted molar refractivity (Wildman–Crippen MR) is 125 cm³/mol. The molecule has 1 atom stereocenters. The van der Waals surface area contributed by atoms with E-state index in [9.17, 15) is 0 Å². The number of aryl methyl sites for hydroxylation is 1. The molecule has 2 N–H and O–H groups in total. The zero-order chi connectivity index (χ0) is 18.9. The number of hydrogen-bond donors (Lipinski definition) is 2. The van der Waals surface area contributed by atoms with E-state index < -0.39 is 0 Å². The number of nitrogens with zero attached hydrogens (tertiary/aromatic N) is 1. The van der Waals surface area contributed by atoms with Gasteiger partial charge in [-0.1, -0.05) is 42.5 Å². The molecule has 0 spiro atoms. The van der Waals surface area contributed by atoms with Crippen molar-refractivity contribution in [1.82, 2.24) is 10.6 Å². The Morgan fingerprint density at radius 2 is 1.93 bits per heavy atom. The lowest BCUT2D eigenvalue weighted by atomic mass is 10.1. The molecule has 1 aliphatic heterocycles. The fraction of sp³-hybridized carbons (Fsp3) is 0.409. The minimum atomic E-state index is 0. The number of benzene rings is 2. The Bertz CT molecular complexity index is 747. The Kier molecular flexibility index (Phi) is 9.57. The first-order valence-electron chi connectivity index (χ1n) is 9.57. The van der Waals surface area contributed by atoms with Crippen molar-refractivity contribution in [2.24, 2.45) is 4.99 Å². The maximum Gasteiger partial charge on any atom is 0.191 e. The van der Waals surface area contributed by atoms with Crippen LogP contribution in [0.15, 0.2) is 53.5 Å². The van der Waals surface area contributed by atoms with Crippen molar-refractivity contribution in [1.29, 1.82) is 0 Å². The maximum absolute atomic E-state index is 6.07. The first-order valence-corrected chi connectivity index (χ1v) is 9.57. The first kappa shape index (κ1) is 22.5. The van der Waals surface area contributed by atoms with Crippen LogP contribution in [0, 0.1) is 6.92 Å². The molecule has 1 saturated heterocycles. The molecular weight excluding hydrogens is 465 g/mol. The lowest BCUT2D eigenvalue weighted by molar-refractivity contribution is 0.0676. The van der Waals surface area contributed by atoms with Crippen molar-refractivity contribution in [3.05, 3.63) is 65.2 Å². The smallest absolute Gasteiger partial charge is 0.191 e. The van der Waals surface area contributed by atoms with E-state index in [1.54, 1.807) is 7.05 Å². The molecule has 0 radical (unpaired) electrons. The molecule has 0 aliphatic carbocycles. The van der Waals surface area contributed by atoms with Gasteiger partial charge in [-0.15, -0.1) is 24.0 Å². The van der Waals surface area contributed by atoms with Gasteiger partial charge in [-0.25, -0.2) is 0 Å². The van der Waals surface area contributed by atoms with Gasteiger partial charge in [0.15, 0.2) is 5.96 Å². The summed E-state index contributed by atoms with van der Waals surface area (Å²) >= 11 is 0. The lowest BCUT2D eigenvalue weighted by Crippen LogP contribution is -2.36. The van der Waals surface area contributed by atoms with E-state index in [-0.39, 0.29) is 30.1 Å². The average Bonchev–Trinajstić information content (AvgIpc) is 3.22. The monoisotopic (exact) mass is 495 g/mol. The van der Waals surface area contributed by atoms with Gasteiger partial charge in [0.1, 0.15) is 12.4 Å². The van der Waals surface area contributed by atoms with Crippen molar-refractivity contribution in [3.63, 3.8) is 0 Å². The minimum Gasteiger partial charge on any atom is -0.491 e. The van der Waals surface area contributed by atoms with Gasteiger partial charge >= 0.3 is 0 Å². The fourth-order valence-corrected chi connectivity index (χ4v) is 3.08. The predicted octanol–water partition coefficient (Wildman–Crippen LogP) is 4.04. The normalized spacial score (nSPS) is 16.4. The highest BCUT2D eigenvalue weighted by molar-refractivity contribution is 14.0. The zero-order valence-corrected chi connectivity index (χ0v) is 18.9. The van der Waals surface area contributed by atoms with E-state index in [4.69, 9.17) is 9.47 Å². The van der Waals surface area contributed by atoms with Gasteiger partial charge in [-0.3, -0.25) is 4.99 Å². The van der Waals surface area contributed by atoms with Crippen LogP contribution >= 0.6 is 24.0 Å². The molecule has 6 heteroatoms. The van der Waals surface area contributed by atoms with Crippen molar-refractivity contribution in [2.75, 3.05) is 20.3 Å². The molecule has 2 aromatic carbocycles. The van der Waals surface area contributed by atoms with E-state index >= 15 is 0 Å². The highest BCUT2D eigenvalue weighted by Gasteiger charge is 2.17. The summed E-state index contributed by atoms with van der Waals surface area (Å²) < 4.78 is 11.7. The molecule has 0 bridgehead atoms. The summed E-state index contributed by atoms with van der Waals surface area (Å²) in [6, 6.07) is 16.6. The van der Waals surface area contributed by atoms with Gasteiger partial charge in [-0.05, 0) is 37.0 Å². The van der Waals surface area contributed by atoms with Crippen LogP contribution < -0.4 is 15.4 Å². The van der Waals surface area contributed by atoms with Crippen LogP contribution in [0.2, 0.25) is 0 Å². The number of ether oxygens (including phenoxy) is 2. The topological polar surface area (TPSA) is 54.9 Å². The van der Waals surface area contributed by atoms with E-state index in [1.807, 2.05) is 18.2 Å². The highest BCUT2D eigenvalue weighted by Crippen LogP contribution is 2.22. The molecule has 0 amide bonds. The highest BCUT2D eigenvalue weighted by atomic mass is 127. The molecule has 3 rings (SSSR count). The van der Waals surface area contributed by atoms with Crippen LogP contribution in [-0.4, -0.2) is 32.3 Å². The molecule has 1 fully saturated rings. The van der Waals surface area contributed by atoms with Crippen molar-refractivity contribution in [2.45, 2.75) is 39.0 Å². The Hall–Kier alpha value is -1.80. The fourth-order valence-electron chi connectivity index (χ4n) is 3.08. The number of rotatable bonds is 7. The van der Waals surface area contributed by atoms with E-state index in [0.29, 0.717) is 13.2 Å². The van der Waals surface area contributed by atoms with E-state index in [1.165, 1.54) is 11.1 Å². The number of halogens is 1. The zero-order valence-electron chi connectivity index (χ0n) is 16.6. The molecule has 0 saturated carbocycles. The standard InChI is InChI=1S/C22H29N3O2.HI/c1-17-10-11-19(21(13-17)27-16-20-9-6-12-26-20)15-25-22(23-2)24-14-18-7-4-3-5-8-18;/h3-5,7-8,10-11,13,20H,6,9,12,14-16H2,1-2H3,(H2,23,24,25);1H. The Morgan fingerprint density at radius 3 is 2.64 bits per heavy atom. The summed E-state index contributed by atoms with van der Waals surface area (Å²) in [5.41, 5.74) is 3.52. The molecule has 1 aliphatic rings. The summed E-state index contributed by atoms with van der Waals surface area (Å²) in [4.78, 5) is 4.31. The lowest BCUT2D eigenvalue weighted by Gasteiger charge is -2.17. The summed E-state index contributed by atoms with van der Waals surface area (Å²) in [5.74, 6) is 1.68. The van der Waals surface area contributed by atoms with Crippen LogP contribution in [0.5, 0.6) is 5.75 Å². The first-order chi connectivity index (χ1) is 13.2. The van der Waals surface area contributed by atoms with Gasteiger partial charge in [0.25, 0.3) is 0 Å². The molecule has 5 nitrogen and oxygen atoms in total. The summed E-state index contributed by atoms with van der Waals surface area (Å²) in [5, 5.41) is 6.71. The summed E-state index contributed by atoms with van der Waals surface area (Å²) in [7, 11) is 1.78. The SMILES string of the molecule is CN=C(NCc1ccccc1)NCc1ccc(C)cc1OCC1CCCO1.I. The third kappa shape index (κ3) is 6.98. The Morgan fingerprint density at radius 1 is 1.14 bits per heavy atom. The molecular formula is C22H30IN3O2. The largest absolute Gasteiger partial charge is 0.491 e. The summed E-state index contributed by atoms with van der Waals surface area (Å²) in [6.07, 6.45) is 2.42. The maximum atomic E-state index is 6.07. The van der Waals surface area contributed by atoms with E-state index in [0.717, 1.165) is 43.3 Å². The second-order valence-electron chi connectivity index (χ2n) is 6.82. The second kappa shape index (κ2) is 11.9. The number of aliphatic imine (C=N–C) groups is 1. The van der Waals surface area contributed by atoms with Gasteiger partial charge in [0.2, 0.25) is 0 Å². The number of hydrogen-bond acceptors (Lipinski definition) is 3. The van der Waals surface area contributed by atoms with Crippen LogP contribution in [-0.2, 0) is 17.8 Å². The molecule has 0 aromatic heterocycles. The van der Waals surface area contributed by atoms with Crippen LogP contribution in [0.4, 0.5) is 0 Å². The summed E-state index contributed by atoms with van der Waals surface area (Å²) in [6.45, 7) is 4.92. The van der Waals surface area contributed by atoms with Gasteiger partial charge in [0.05, 0.1) is 6.10 Å². The average molecular weight is 495 g/mol. The molecule has 28 heavy (non-hydrogen) atoms. The van der Waals surface area contributed by atoms with Gasteiger partial charge < -0.3 is 20.1 Å².